The predicted octanol–water partition coefficient (Wildman–Crippen LogP) is 3.16. The lowest BCUT2D eigenvalue weighted by atomic mass is 10.1. The van der Waals surface area contributed by atoms with Crippen LogP contribution in [-0.2, 0) is 7.05 Å². The van der Waals surface area contributed by atoms with Gasteiger partial charge >= 0.3 is 0 Å². The number of carbonyl (C=O) groups is 1. The van der Waals surface area contributed by atoms with E-state index < -0.39 is 0 Å². The fraction of sp³-hybridized carbons (Fsp3) is 0.350. The van der Waals surface area contributed by atoms with Crippen molar-refractivity contribution in [2.45, 2.75) is 26.7 Å². The molecule has 0 fully saturated rings. The lowest BCUT2D eigenvalue weighted by molar-refractivity contribution is 0.0947. The fourth-order valence-corrected chi connectivity index (χ4v) is 2.96. The fourth-order valence-electron chi connectivity index (χ4n) is 2.96. The Morgan fingerprint density at radius 3 is 2.68 bits per heavy atom. The third-order valence-corrected chi connectivity index (χ3v) is 4.53. The molecule has 0 spiro atoms. The van der Waals surface area contributed by atoms with E-state index in [0.29, 0.717) is 30.3 Å². The molecule has 0 radical (unpaired) electrons. The average Bonchev–Trinajstić information content (AvgIpc) is 3.24. The monoisotopic (exact) mass is 385 g/mol. The summed E-state index contributed by atoms with van der Waals surface area (Å²) in [6.07, 6.45) is 1.55. The zero-order valence-electron chi connectivity index (χ0n) is 16.3. The van der Waals surface area contributed by atoms with E-state index in [0.717, 1.165) is 29.8 Å². The number of ether oxygens (including phenoxy) is 1. The van der Waals surface area contributed by atoms with Crippen LogP contribution >= 0.6 is 0 Å². The van der Waals surface area contributed by atoms with Crippen LogP contribution < -0.4 is 10.1 Å². The zero-order chi connectivity index (χ0) is 20.1. The Morgan fingerprint density at radius 2 is 2.00 bits per heavy atom. The summed E-state index contributed by atoms with van der Waals surface area (Å²) in [6, 6.07) is 7.66. The summed E-state index contributed by atoms with van der Waals surface area (Å²) in [6.45, 7) is 4.93. The van der Waals surface area contributed by atoms with Crippen molar-refractivity contribution in [1.29, 1.82) is 0 Å². The van der Waals surface area contributed by atoms with Crippen LogP contribution in [-0.4, -0.2) is 39.0 Å². The van der Waals surface area contributed by atoms with Crippen molar-refractivity contribution in [3.63, 3.8) is 0 Å². The number of aryl methyl sites for hydroxylation is 2. The molecule has 0 aliphatic carbocycles. The van der Waals surface area contributed by atoms with Crippen LogP contribution in [0.1, 0.15) is 34.7 Å². The maximum absolute atomic E-state index is 12.8. The zero-order valence-corrected chi connectivity index (χ0v) is 16.3. The van der Waals surface area contributed by atoms with E-state index in [1.54, 1.807) is 22.9 Å². The van der Waals surface area contributed by atoms with Gasteiger partial charge in [0.05, 0.1) is 18.0 Å². The molecule has 3 aromatic rings. The van der Waals surface area contributed by atoms with Crippen LogP contribution in [0.5, 0.6) is 5.75 Å². The van der Waals surface area contributed by atoms with E-state index in [4.69, 9.17) is 4.74 Å². The number of benzene rings is 1. The minimum absolute atomic E-state index is 0.197. The second kappa shape index (κ2) is 8.69. The number of nitrogens with one attached hydrogen (secondary N) is 2. The highest BCUT2D eigenvalue weighted by molar-refractivity contribution is 5.93. The van der Waals surface area contributed by atoms with Crippen molar-refractivity contribution in [2.75, 3.05) is 13.2 Å². The van der Waals surface area contributed by atoms with Gasteiger partial charge in [0.15, 0.2) is 0 Å². The molecule has 3 rings (SSSR count). The topological polar surface area (TPSA) is 84.8 Å². The Balaban J connectivity index is 1.43. The van der Waals surface area contributed by atoms with Crippen LogP contribution in [0.2, 0.25) is 0 Å². The number of amides is 1. The van der Waals surface area contributed by atoms with Gasteiger partial charge in [0.1, 0.15) is 17.3 Å². The van der Waals surface area contributed by atoms with E-state index in [1.165, 1.54) is 12.1 Å². The molecule has 0 bridgehead atoms. The van der Waals surface area contributed by atoms with Gasteiger partial charge in [-0.2, -0.15) is 10.2 Å². The number of H-pyrrole nitrogens is 1. The van der Waals surface area contributed by atoms with Gasteiger partial charge in [-0.25, -0.2) is 4.39 Å². The number of hydrogen-bond acceptors (Lipinski definition) is 4. The van der Waals surface area contributed by atoms with Crippen molar-refractivity contribution in [2.24, 2.45) is 7.05 Å². The Bertz CT molecular complexity index is 946. The predicted molar refractivity (Wildman–Crippen MR) is 104 cm³/mol. The number of hydrogen-bond donors (Lipinski definition) is 2. The number of aromatic nitrogens is 4. The molecular weight excluding hydrogens is 361 g/mol. The molecule has 0 saturated heterocycles. The number of nitrogens with zero attached hydrogens (tertiary/aromatic N) is 3. The standard InChI is InChI=1S/C20H24FN5O2/c1-13-19(14(2)26(3)25-13)17-12-18(24-23-17)20(27)22-10-4-5-11-28-16-8-6-15(21)7-9-16/h6-9,12H,4-5,10-11H2,1-3H3,(H,22,27)(H,23,24). The summed E-state index contributed by atoms with van der Waals surface area (Å²) < 4.78 is 20.1. The number of rotatable bonds is 8. The Morgan fingerprint density at radius 1 is 1.25 bits per heavy atom. The van der Waals surface area contributed by atoms with Gasteiger partial charge in [-0.15, -0.1) is 0 Å². The third-order valence-electron chi connectivity index (χ3n) is 4.53. The third kappa shape index (κ3) is 4.57. The quantitative estimate of drug-likeness (QED) is 0.584. The molecule has 2 aromatic heterocycles. The maximum Gasteiger partial charge on any atom is 0.269 e. The molecule has 0 saturated carbocycles. The van der Waals surface area contributed by atoms with Crippen molar-refractivity contribution < 1.29 is 13.9 Å². The van der Waals surface area contributed by atoms with Crippen molar-refractivity contribution in [1.82, 2.24) is 25.3 Å². The van der Waals surface area contributed by atoms with E-state index >= 15 is 0 Å². The SMILES string of the molecule is Cc1nn(C)c(C)c1-c1cc(C(=O)NCCCCOc2ccc(F)cc2)[nH]n1. The Labute approximate surface area is 162 Å². The van der Waals surface area contributed by atoms with Gasteiger partial charge in [0.2, 0.25) is 0 Å². The summed E-state index contributed by atoms with van der Waals surface area (Å²) in [5.74, 6) is 0.152. The first-order valence-electron chi connectivity index (χ1n) is 9.18. The van der Waals surface area contributed by atoms with Crippen molar-refractivity contribution >= 4 is 5.91 Å². The summed E-state index contributed by atoms with van der Waals surface area (Å²) in [5.41, 5.74) is 3.94. The summed E-state index contributed by atoms with van der Waals surface area (Å²) in [4.78, 5) is 12.3. The summed E-state index contributed by atoms with van der Waals surface area (Å²) in [5, 5.41) is 14.3. The van der Waals surface area contributed by atoms with Gasteiger partial charge in [-0.3, -0.25) is 14.6 Å². The van der Waals surface area contributed by atoms with Crippen LogP contribution in [0, 0.1) is 19.7 Å². The van der Waals surface area contributed by atoms with Crippen LogP contribution in [0.15, 0.2) is 30.3 Å². The molecule has 0 aliphatic rings. The molecular formula is C20H24FN5O2. The van der Waals surface area contributed by atoms with Crippen LogP contribution in [0.3, 0.4) is 0 Å². The average molecular weight is 385 g/mol. The maximum atomic E-state index is 12.8. The van der Waals surface area contributed by atoms with Crippen molar-refractivity contribution in [3.05, 3.63) is 53.2 Å². The highest BCUT2D eigenvalue weighted by Gasteiger charge is 2.16. The van der Waals surface area contributed by atoms with Crippen LogP contribution in [0.25, 0.3) is 11.3 Å². The number of carbonyl (C=O) groups excluding carboxylic acids is 1. The normalized spacial score (nSPS) is 10.9. The molecule has 0 atom stereocenters. The second-order valence-corrected chi connectivity index (χ2v) is 6.60. The molecule has 28 heavy (non-hydrogen) atoms. The van der Waals surface area contributed by atoms with Gasteiger partial charge in [-0.05, 0) is 57.0 Å². The lowest BCUT2D eigenvalue weighted by Crippen LogP contribution is -2.25. The summed E-state index contributed by atoms with van der Waals surface area (Å²) >= 11 is 0. The highest BCUT2D eigenvalue weighted by atomic mass is 19.1. The number of unbranched alkanes of at least 4 members (excludes halogenated alkanes) is 1. The first-order chi connectivity index (χ1) is 13.5. The molecule has 7 nitrogen and oxygen atoms in total. The van der Waals surface area contributed by atoms with E-state index in [9.17, 15) is 9.18 Å². The smallest absolute Gasteiger partial charge is 0.269 e. The molecule has 2 heterocycles. The largest absolute Gasteiger partial charge is 0.494 e. The summed E-state index contributed by atoms with van der Waals surface area (Å²) in [7, 11) is 1.88. The van der Waals surface area contributed by atoms with E-state index in [2.05, 4.69) is 20.6 Å². The molecule has 1 amide bonds. The molecule has 0 aliphatic heterocycles. The van der Waals surface area contributed by atoms with Gasteiger partial charge < -0.3 is 10.1 Å². The second-order valence-electron chi connectivity index (χ2n) is 6.60. The van der Waals surface area contributed by atoms with Gasteiger partial charge in [0, 0.05) is 24.8 Å². The van der Waals surface area contributed by atoms with Crippen LogP contribution in [0.4, 0.5) is 4.39 Å². The van der Waals surface area contributed by atoms with E-state index in [-0.39, 0.29) is 11.7 Å². The van der Waals surface area contributed by atoms with Crippen molar-refractivity contribution in [3.8, 4) is 17.0 Å². The lowest BCUT2D eigenvalue weighted by Gasteiger charge is -2.06. The van der Waals surface area contributed by atoms with Gasteiger partial charge in [-0.1, -0.05) is 0 Å². The Hall–Kier alpha value is -3.16. The molecule has 8 heteroatoms. The number of aromatic amines is 1. The molecule has 148 valence electrons. The molecule has 2 N–H and O–H groups in total. The van der Waals surface area contributed by atoms with Gasteiger partial charge in [0.25, 0.3) is 5.91 Å². The Kier molecular flexibility index (Phi) is 6.08. The minimum Gasteiger partial charge on any atom is -0.494 e. The molecule has 0 unspecified atom stereocenters. The minimum atomic E-state index is -0.286. The highest BCUT2D eigenvalue weighted by Crippen LogP contribution is 2.25. The van der Waals surface area contributed by atoms with E-state index in [1.807, 2.05) is 20.9 Å². The number of halogens is 1. The first-order valence-corrected chi connectivity index (χ1v) is 9.18. The molecule has 1 aromatic carbocycles. The first kappa shape index (κ1) is 19.6.